The average Bonchev–Trinajstić information content (AvgIpc) is 3.37. The topological polar surface area (TPSA) is 34.5 Å². The quantitative estimate of drug-likeness (QED) is 0.624. The number of amides is 1. The molecule has 1 saturated heterocycles. The second-order valence-corrected chi connectivity index (χ2v) is 7.13. The lowest BCUT2D eigenvalue weighted by Crippen LogP contribution is -2.27. The van der Waals surface area contributed by atoms with Crippen molar-refractivity contribution in [1.29, 1.82) is 0 Å². The molecule has 28 heavy (non-hydrogen) atoms. The number of carbonyl (C=O) groups is 1. The molecule has 0 spiro atoms. The molecule has 0 atom stereocenters. The molecule has 2 aromatic carbocycles. The van der Waals surface area contributed by atoms with Crippen LogP contribution in [-0.4, -0.2) is 35.1 Å². The van der Waals surface area contributed by atoms with Gasteiger partial charge in [-0.25, -0.2) is 0 Å². The predicted octanol–water partition coefficient (Wildman–Crippen LogP) is 5.09. The predicted molar refractivity (Wildman–Crippen MR) is 112 cm³/mol. The lowest BCUT2D eigenvalue weighted by Gasteiger charge is -2.17. The van der Waals surface area contributed by atoms with Crippen LogP contribution in [0.2, 0.25) is 0 Å². The molecule has 1 aliphatic heterocycles. The van der Waals surface area contributed by atoms with Crippen LogP contribution in [-0.2, 0) is 0 Å². The molecule has 0 radical (unpaired) electrons. The second-order valence-electron chi connectivity index (χ2n) is 7.13. The fourth-order valence-electron chi connectivity index (χ4n) is 3.97. The molecule has 0 unspecified atom stereocenters. The summed E-state index contributed by atoms with van der Waals surface area (Å²) in [6, 6.07) is 20.3. The van der Waals surface area contributed by atoms with Crippen molar-refractivity contribution in [2.45, 2.75) is 26.7 Å². The van der Waals surface area contributed by atoms with Gasteiger partial charge in [0.25, 0.3) is 5.91 Å². The minimum Gasteiger partial charge on any atom is -0.492 e. The zero-order valence-electron chi connectivity index (χ0n) is 16.5. The van der Waals surface area contributed by atoms with Gasteiger partial charge in [-0.15, -0.1) is 0 Å². The van der Waals surface area contributed by atoms with E-state index in [1.165, 1.54) is 0 Å². The van der Waals surface area contributed by atoms with Gasteiger partial charge in [-0.3, -0.25) is 4.79 Å². The first-order chi connectivity index (χ1) is 13.7. The SMILES string of the molecule is CCOc1ccccc1-n1c(-c2ccccc2)cc(C(=O)N2CCCC2)c1C. The van der Waals surface area contributed by atoms with Gasteiger partial charge in [0.2, 0.25) is 0 Å². The van der Waals surface area contributed by atoms with Gasteiger partial charge >= 0.3 is 0 Å². The first-order valence-electron chi connectivity index (χ1n) is 10.00. The summed E-state index contributed by atoms with van der Waals surface area (Å²) in [5.41, 5.74) is 4.77. The second kappa shape index (κ2) is 7.93. The molecule has 0 bridgehead atoms. The molecule has 0 saturated carbocycles. The van der Waals surface area contributed by atoms with E-state index in [1.807, 2.05) is 61.2 Å². The third kappa shape index (κ3) is 3.31. The van der Waals surface area contributed by atoms with Crippen LogP contribution in [0.1, 0.15) is 35.8 Å². The van der Waals surface area contributed by atoms with Gasteiger partial charge in [-0.1, -0.05) is 42.5 Å². The molecule has 4 heteroatoms. The Kier molecular flexibility index (Phi) is 5.20. The Labute approximate surface area is 166 Å². The molecular formula is C24H26N2O2. The molecule has 0 aliphatic carbocycles. The number of aromatic nitrogens is 1. The molecule has 1 fully saturated rings. The first-order valence-corrected chi connectivity index (χ1v) is 10.00. The van der Waals surface area contributed by atoms with Gasteiger partial charge in [0.15, 0.2) is 0 Å². The number of carbonyl (C=O) groups excluding carboxylic acids is 1. The maximum absolute atomic E-state index is 13.2. The molecule has 144 valence electrons. The number of likely N-dealkylation sites (tertiary alicyclic amines) is 1. The van der Waals surface area contributed by atoms with E-state index in [-0.39, 0.29) is 5.91 Å². The molecule has 3 aromatic rings. The van der Waals surface area contributed by atoms with Crippen LogP contribution in [0, 0.1) is 6.92 Å². The number of benzene rings is 2. The third-order valence-electron chi connectivity index (χ3n) is 5.35. The minimum atomic E-state index is 0.125. The minimum absolute atomic E-state index is 0.125. The maximum Gasteiger partial charge on any atom is 0.255 e. The van der Waals surface area contributed by atoms with Crippen molar-refractivity contribution in [3.05, 3.63) is 71.9 Å². The molecular weight excluding hydrogens is 348 g/mol. The van der Waals surface area contributed by atoms with Crippen LogP contribution < -0.4 is 4.74 Å². The van der Waals surface area contributed by atoms with Gasteiger partial charge in [0.1, 0.15) is 5.75 Å². The zero-order chi connectivity index (χ0) is 19.5. The number of ether oxygens (including phenoxy) is 1. The fraction of sp³-hybridized carbons (Fsp3) is 0.292. The zero-order valence-corrected chi connectivity index (χ0v) is 16.5. The number of hydrogen-bond donors (Lipinski definition) is 0. The largest absolute Gasteiger partial charge is 0.492 e. The summed E-state index contributed by atoms with van der Waals surface area (Å²) < 4.78 is 8.05. The third-order valence-corrected chi connectivity index (χ3v) is 5.35. The Morgan fingerprint density at radius 2 is 1.68 bits per heavy atom. The summed E-state index contributed by atoms with van der Waals surface area (Å²) in [5, 5.41) is 0. The summed E-state index contributed by atoms with van der Waals surface area (Å²) in [7, 11) is 0. The molecule has 2 heterocycles. The van der Waals surface area contributed by atoms with Gasteiger partial charge in [-0.05, 0) is 50.5 Å². The lowest BCUT2D eigenvalue weighted by molar-refractivity contribution is 0.0792. The fourth-order valence-corrected chi connectivity index (χ4v) is 3.97. The van der Waals surface area contributed by atoms with Crippen LogP contribution in [0.15, 0.2) is 60.7 Å². The first kappa shape index (κ1) is 18.4. The Bertz CT molecular complexity index is 970. The van der Waals surface area contributed by atoms with Crippen LogP contribution in [0.5, 0.6) is 5.75 Å². The Balaban J connectivity index is 1.90. The Morgan fingerprint density at radius 1 is 1.00 bits per heavy atom. The maximum atomic E-state index is 13.2. The lowest BCUT2D eigenvalue weighted by atomic mass is 10.1. The van der Waals surface area contributed by atoms with Gasteiger partial charge in [0.05, 0.1) is 23.6 Å². The van der Waals surface area contributed by atoms with Crippen molar-refractivity contribution < 1.29 is 9.53 Å². The van der Waals surface area contributed by atoms with Crippen molar-refractivity contribution in [1.82, 2.24) is 9.47 Å². The van der Waals surface area contributed by atoms with E-state index in [0.29, 0.717) is 6.61 Å². The normalized spacial score (nSPS) is 13.7. The van der Waals surface area contributed by atoms with Crippen molar-refractivity contribution in [2.75, 3.05) is 19.7 Å². The highest BCUT2D eigenvalue weighted by Gasteiger charge is 2.26. The van der Waals surface area contributed by atoms with Crippen molar-refractivity contribution in [3.8, 4) is 22.7 Å². The van der Waals surface area contributed by atoms with E-state index in [0.717, 1.165) is 59.9 Å². The summed E-state index contributed by atoms with van der Waals surface area (Å²) in [4.78, 5) is 15.2. The van der Waals surface area contributed by atoms with E-state index >= 15 is 0 Å². The smallest absolute Gasteiger partial charge is 0.255 e. The average molecular weight is 374 g/mol. The number of hydrogen-bond acceptors (Lipinski definition) is 2. The molecule has 0 N–H and O–H groups in total. The molecule has 4 rings (SSSR count). The van der Waals surface area contributed by atoms with E-state index in [1.54, 1.807) is 0 Å². The highest BCUT2D eigenvalue weighted by molar-refractivity contribution is 5.97. The summed E-state index contributed by atoms with van der Waals surface area (Å²) in [6.45, 7) is 6.30. The highest BCUT2D eigenvalue weighted by atomic mass is 16.5. The standard InChI is InChI=1S/C24H26N2O2/c1-3-28-23-14-8-7-13-21(23)26-18(2)20(24(27)25-15-9-10-16-25)17-22(26)19-11-5-4-6-12-19/h4-8,11-14,17H,3,9-10,15-16H2,1-2H3. The molecule has 1 amide bonds. The van der Waals surface area contributed by atoms with Gasteiger partial charge in [0, 0.05) is 18.8 Å². The molecule has 1 aromatic heterocycles. The number of nitrogens with zero attached hydrogens (tertiary/aromatic N) is 2. The van der Waals surface area contributed by atoms with Crippen LogP contribution in [0.4, 0.5) is 0 Å². The molecule has 1 aliphatic rings. The van der Waals surface area contributed by atoms with E-state index in [9.17, 15) is 4.79 Å². The highest BCUT2D eigenvalue weighted by Crippen LogP contribution is 2.34. The van der Waals surface area contributed by atoms with Crippen molar-refractivity contribution in [3.63, 3.8) is 0 Å². The summed E-state index contributed by atoms with van der Waals surface area (Å²) >= 11 is 0. The Hall–Kier alpha value is -3.01. The summed E-state index contributed by atoms with van der Waals surface area (Å²) in [6.07, 6.45) is 2.18. The summed E-state index contributed by atoms with van der Waals surface area (Å²) in [5.74, 6) is 0.945. The van der Waals surface area contributed by atoms with Crippen molar-refractivity contribution in [2.24, 2.45) is 0 Å². The van der Waals surface area contributed by atoms with Gasteiger partial charge in [-0.2, -0.15) is 0 Å². The van der Waals surface area contributed by atoms with E-state index in [4.69, 9.17) is 4.74 Å². The Morgan fingerprint density at radius 3 is 2.39 bits per heavy atom. The van der Waals surface area contributed by atoms with E-state index in [2.05, 4.69) is 22.8 Å². The molecule has 4 nitrogen and oxygen atoms in total. The van der Waals surface area contributed by atoms with Crippen molar-refractivity contribution >= 4 is 5.91 Å². The van der Waals surface area contributed by atoms with Crippen LogP contribution >= 0.6 is 0 Å². The number of para-hydroxylation sites is 2. The van der Waals surface area contributed by atoms with E-state index < -0.39 is 0 Å². The van der Waals surface area contributed by atoms with Gasteiger partial charge < -0.3 is 14.2 Å². The van der Waals surface area contributed by atoms with Crippen LogP contribution in [0.25, 0.3) is 16.9 Å². The van der Waals surface area contributed by atoms with Crippen LogP contribution in [0.3, 0.4) is 0 Å². The number of rotatable bonds is 5. The monoisotopic (exact) mass is 374 g/mol.